The van der Waals surface area contributed by atoms with Crippen LogP contribution in [0.5, 0.6) is 0 Å². The third-order valence-corrected chi connectivity index (χ3v) is 5.49. The number of aromatic nitrogens is 1. The van der Waals surface area contributed by atoms with E-state index < -0.39 is 0 Å². The number of nitrogens with one attached hydrogen (secondary N) is 2. The summed E-state index contributed by atoms with van der Waals surface area (Å²) in [6, 6.07) is 4.89. The maximum Gasteiger partial charge on any atom is 0.315 e. The van der Waals surface area contributed by atoms with Crippen LogP contribution < -0.4 is 16.2 Å². The molecule has 4 rings (SSSR count). The van der Waals surface area contributed by atoms with Crippen LogP contribution in [0.1, 0.15) is 38.1 Å². The highest BCUT2D eigenvalue weighted by Gasteiger charge is 2.49. The van der Waals surface area contributed by atoms with Crippen LogP contribution in [0.25, 0.3) is 0 Å². The van der Waals surface area contributed by atoms with E-state index in [0.717, 1.165) is 12.8 Å². The van der Waals surface area contributed by atoms with Crippen LogP contribution in [0.4, 0.5) is 4.79 Å². The zero-order valence-electron chi connectivity index (χ0n) is 14.2. The van der Waals surface area contributed by atoms with Crippen molar-refractivity contribution >= 4 is 6.03 Å². The van der Waals surface area contributed by atoms with Crippen molar-refractivity contribution in [2.75, 3.05) is 13.2 Å². The van der Waals surface area contributed by atoms with Gasteiger partial charge >= 0.3 is 6.03 Å². The van der Waals surface area contributed by atoms with Gasteiger partial charge in [0, 0.05) is 18.3 Å². The molecule has 2 aliphatic heterocycles. The summed E-state index contributed by atoms with van der Waals surface area (Å²) < 4.78 is 13.4. The molecular formula is C18H25N3O4. The van der Waals surface area contributed by atoms with Crippen molar-refractivity contribution in [1.29, 1.82) is 0 Å². The average molecular weight is 347 g/mol. The predicted molar refractivity (Wildman–Crippen MR) is 91.5 cm³/mol. The first-order chi connectivity index (χ1) is 12.2. The zero-order chi connectivity index (χ0) is 17.2. The Morgan fingerprint density at radius 2 is 1.84 bits per heavy atom. The van der Waals surface area contributed by atoms with Gasteiger partial charge in [-0.2, -0.15) is 0 Å². The number of amides is 2. The summed E-state index contributed by atoms with van der Waals surface area (Å²) in [4.78, 5) is 24.3. The fourth-order valence-electron chi connectivity index (χ4n) is 4.20. The fraction of sp³-hybridized carbons (Fsp3) is 0.667. The summed E-state index contributed by atoms with van der Waals surface area (Å²) >= 11 is 0. The highest BCUT2D eigenvalue weighted by molar-refractivity contribution is 5.74. The second kappa shape index (κ2) is 7.17. The lowest BCUT2D eigenvalue weighted by atomic mass is 9.96. The molecule has 136 valence electrons. The predicted octanol–water partition coefficient (Wildman–Crippen LogP) is 1.19. The van der Waals surface area contributed by atoms with E-state index in [4.69, 9.17) is 9.47 Å². The Hall–Kier alpha value is -1.86. The van der Waals surface area contributed by atoms with Gasteiger partial charge in [0.2, 0.25) is 0 Å². The van der Waals surface area contributed by atoms with Gasteiger partial charge in [0.1, 0.15) is 12.2 Å². The molecule has 3 heterocycles. The monoisotopic (exact) mass is 347 g/mol. The number of carbonyl (C=O) groups excluding carboxylic acids is 1. The largest absolute Gasteiger partial charge is 0.371 e. The van der Waals surface area contributed by atoms with Crippen molar-refractivity contribution in [3.05, 3.63) is 34.7 Å². The molecule has 1 saturated carbocycles. The third kappa shape index (κ3) is 3.43. The van der Waals surface area contributed by atoms with Gasteiger partial charge in [-0.15, -0.1) is 0 Å². The van der Waals surface area contributed by atoms with Crippen LogP contribution in [0.15, 0.2) is 29.2 Å². The highest BCUT2D eigenvalue weighted by atomic mass is 16.6. The Balaban J connectivity index is 1.36. The molecule has 3 aliphatic rings. The molecule has 2 amide bonds. The Labute approximate surface area is 146 Å². The number of pyridine rings is 1. The topological polar surface area (TPSA) is 81.6 Å². The van der Waals surface area contributed by atoms with Gasteiger partial charge < -0.3 is 24.7 Å². The molecular weight excluding hydrogens is 322 g/mol. The summed E-state index contributed by atoms with van der Waals surface area (Å²) in [6.45, 7) is 0.827. The number of ether oxygens (including phenoxy) is 2. The quantitative estimate of drug-likeness (QED) is 0.860. The van der Waals surface area contributed by atoms with Crippen LogP contribution in [0.2, 0.25) is 0 Å². The van der Waals surface area contributed by atoms with E-state index in [0.29, 0.717) is 13.2 Å². The summed E-state index contributed by atoms with van der Waals surface area (Å²) in [6.07, 6.45) is 7.06. The Kier molecular flexibility index (Phi) is 4.76. The van der Waals surface area contributed by atoms with E-state index >= 15 is 0 Å². The molecule has 0 spiro atoms. The number of carbonyl (C=O) groups is 1. The molecule has 2 N–H and O–H groups in total. The van der Waals surface area contributed by atoms with Gasteiger partial charge in [-0.1, -0.05) is 25.3 Å². The molecule has 25 heavy (non-hydrogen) atoms. The van der Waals surface area contributed by atoms with E-state index in [-0.39, 0.29) is 41.9 Å². The van der Waals surface area contributed by atoms with Crippen LogP contribution in [0.3, 0.4) is 0 Å². The zero-order valence-corrected chi connectivity index (χ0v) is 14.2. The molecule has 3 fully saturated rings. The Bertz CT molecular complexity index is 670. The van der Waals surface area contributed by atoms with Crippen molar-refractivity contribution in [3.8, 4) is 0 Å². The van der Waals surface area contributed by atoms with Crippen molar-refractivity contribution < 1.29 is 14.3 Å². The van der Waals surface area contributed by atoms with Crippen LogP contribution in [0, 0.1) is 0 Å². The van der Waals surface area contributed by atoms with Crippen molar-refractivity contribution in [2.45, 2.75) is 62.4 Å². The van der Waals surface area contributed by atoms with Gasteiger partial charge in [0.25, 0.3) is 5.56 Å². The number of hydrogen-bond donors (Lipinski definition) is 2. The lowest BCUT2D eigenvalue weighted by Gasteiger charge is -2.24. The number of nitrogens with zero attached hydrogens (tertiary/aromatic N) is 1. The van der Waals surface area contributed by atoms with Crippen LogP contribution in [-0.2, 0) is 9.47 Å². The highest BCUT2D eigenvalue weighted by Crippen LogP contribution is 2.33. The molecule has 4 atom stereocenters. The standard InChI is InChI=1S/C18H25N3O4/c22-15-8-4-5-9-21(15)14-11-25-16-13(10-24-17(14)16)20-18(23)19-12-6-2-1-3-7-12/h4-5,8-9,12-14,16-17H,1-3,6-7,10-11H2,(H2,19,20,23)/t13-,14-,16+,17+/m0/s1. The molecule has 7 nitrogen and oxygen atoms in total. The maximum atomic E-state index is 12.3. The number of fused-ring (bicyclic) bond motifs is 1. The van der Waals surface area contributed by atoms with Crippen molar-refractivity contribution in [1.82, 2.24) is 15.2 Å². The lowest BCUT2D eigenvalue weighted by Crippen LogP contribution is -2.51. The molecule has 1 aromatic rings. The van der Waals surface area contributed by atoms with E-state index in [1.165, 1.54) is 25.3 Å². The van der Waals surface area contributed by atoms with E-state index in [1.807, 2.05) is 6.07 Å². The van der Waals surface area contributed by atoms with Crippen molar-refractivity contribution in [2.24, 2.45) is 0 Å². The average Bonchev–Trinajstić information content (AvgIpc) is 3.19. The van der Waals surface area contributed by atoms with Gasteiger partial charge in [0.05, 0.1) is 25.3 Å². The summed E-state index contributed by atoms with van der Waals surface area (Å²) in [5, 5.41) is 6.06. The number of hydrogen-bond acceptors (Lipinski definition) is 4. The normalized spacial score (nSPS) is 32.3. The summed E-state index contributed by atoms with van der Waals surface area (Å²) in [5.41, 5.74) is -0.0631. The summed E-state index contributed by atoms with van der Waals surface area (Å²) in [7, 11) is 0. The second-order valence-corrected chi connectivity index (χ2v) is 7.17. The van der Waals surface area contributed by atoms with Crippen molar-refractivity contribution in [3.63, 3.8) is 0 Å². The van der Waals surface area contributed by atoms with Crippen LogP contribution >= 0.6 is 0 Å². The van der Waals surface area contributed by atoms with E-state index in [1.54, 1.807) is 16.8 Å². The van der Waals surface area contributed by atoms with E-state index in [2.05, 4.69) is 10.6 Å². The molecule has 1 aliphatic carbocycles. The summed E-state index contributed by atoms with van der Waals surface area (Å²) in [5.74, 6) is 0. The van der Waals surface area contributed by atoms with Gasteiger partial charge in [-0.25, -0.2) is 4.79 Å². The molecule has 7 heteroatoms. The molecule has 0 aromatic carbocycles. The van der Waals surface area contributed by atoms with E-state index in [9.17, 15) is 9.59 Å². The molecule has 0 radical (unpaired) electrons. The SMILES string of the molecule is O=C(NC1CCCCC1)N[C@H]1CO[C@H]2[C@@H]1OC[C@@H]2n1ccccc1=O. The molecule has 0 unspecified atom stereocenters. The minimum atomic E-state index is -0.214. The molecule has 0 bridgehead atoms. The molecule has 2 saturated heterocycles. The van der Waals surface area contributed by atoms with Gasteiger partial charge in [-0.05, 0) is 18.9 Å². The minimum absolute atomic E-state index is 0.0631. The van der Waals surface area contributed by atoms with Gasteiger partial charge in [0.15, 0.2) is 0 Å². The first kappa shape index (κ1) is 16.6. The first-order valence-corrected chi connectivity index (χ1v) is 9.20. The number of urea groups is 1. The number of rotatable bonds is 3. The second-order valence-electron chi connectivity index (χ2n) is 7.17. The minimum Gasteiger partial charge on any atom is -0.371 e. The molecule has 1 aromatic heterocycles. The van der Waals surface area contributed by atoms with Crippen LogP contribution in [-0.4, -0.2) is 48.1 Å². The van der Waals surface area contributed by atoms with Gasteiger partial charge in [-0.3, -0.25) is 4.79 Å². The third-order valence-electron chi connectivity index (χ3n) is 5.49. The lowest BCUT2D eigenvalue weighted by molar-refractivity contribution is 0.0633. The fourth-order valence-corrected chi connectivity index (χ4v) is 4.20. The Morgan fingerprint density at radius 1 is 1.04 bits per heavy atom. The maximum absolute atomic E-state index is 12.3. The first-order valence-electron chi connectivity index (χ1n) is 9.20. The smallest absolute Gasteiger partial charge is 0.315 e. The Morgan fingerprint density at radius 3 is 2.64 bits per heavy atom.